The van der Waals surface area contributed by atoms with Gasteiger partial charge in [0.15, 0.2) is 0 Å². The molecular formula is C8H6N4. The molecular weight excluding hydrogens is 152 g/mol. The molecule has 2 aromatic rings. The molecule has 1 N–H and O–H groups in total. The minimum atomic E-state index is 0.921. The molecule has 1 aliphatic rings. The summed E-state index contributed by atoms with van der Waals surface area (Å²) in [6, 6.07) is 1.93. The highest BCUT2D eigenvalue weighted by atomic mass is 15.3. The predicted octanol–water partition coefficient (Wildman–Crippen LogP) is 1.28. The number of rotatable bonds is 0. The second-order valence-corrected chi connectivity index (χ2v) is 2.64. The van der Waals surface area contributed by atoms with Crippen molar-refractivity contribution in [2.45, 2.75) is 0 Å². The molecule has 12 heavy (non-hydrogen) atoms. The van der Waals surface area contributed by atoms with E-state index in [-0.39, 0.29) is 0 Å². The van der Waals surface area contributed by atoms with E-state index in [2.05, 4.69) is 15.4 Å². The van der Waals surface area contributed by atoms with Gasteiger partial charge in [0.25, 0.3) is 0 Å². The number of anilines is 1. The largest absolute Gasteiger partial charge is 0.358 e. The molecule has 0 bridgehead atoms. The first-order valence-electron chi connectivity index (χ1n) is 3.70. The van der Waals surface area contributed by atoms with Crippen molar-refractivity contribution in [1.82, 2.24) is 14.8 Å². The van der Waals surface area contributed by atoms with Gasteiger partial charge in [0.05, 0.1) is 11.9 Å². The molecule has 0 atom stereocenters. The third kappa shape index (κ3) is 0.567. The van der Waals surface area contributed by atoms with Crippen LogP contribution in [0.15, 0.2) is 24.7 Å². The van der Waals surface area contributed by atoms with Gasteiger partial charge in [0.1, 0.15) is 11.0 Å². The van der Waals surface area contributed by atoms with Crippen molar-refractivity contribution in [2.75, 3.05) is 5.32 Å². The zero-order chi connectivity index (χ0) is 7.97. The Balaban J connectivity index is 2.57. The SMILES string of the molecule is C1=Cn2ncc3nccc(c32)N1. The molecule has 0 spiro atoms. The summed E-state index contributed by atoms with van der Waals surface area (Å²) in [6.07, 6.45) is 7.26. The van der Waals surface area contributed by atoms with Gasteiger partial charge in [-0.1, -0.05) is 0 Å². The van der Waals surface area contributed by atoms with Gasteiger partial charge in [-0.2, -0.15) is 5.10 Å². The number of hydrogen-bond acceptors (Lipinski definition) is 3. The molecule has 0 radical (unpaired) electrons. The lowest BCUT2D eigenvalue weighted by Crippen LogP contribution is -2.00. The fourth-order valence-electron chi connectivity index (χ4n) is 1.41. The van der Waals surface area contributed by atoms with Crippen LogP contribution in [0, 0.1) is 0 Å². The number of pyridine rings is 1. The Morgan fingerprint density at radius 2 is 2.42 bits per heavy atom. The summed E-state index contributed by atoms with van der Waals surface area (Å²) in [5.74, 6) is 0. The summed E-state index contributed by atoms with van der Waals surface area (Å²) in [6.45, 7) is 0. The Hall–Kier alpha value is -1.84. The van der Waals surface area contributed by atoms with Crippen molar-refractivity contribution in [2.24, 2.45) is 0 Å². The van der Waals surface area contributed by atoms with Crippen molar-refractivity contribution >= 4 is 22.9 Å². The van der Waals surface area contributed by atoms with E-state index in [1.807, 2.05) is 23.1 Å². The highest BCUT2D eigenvalue weighted by Gasteiger charge is 2.08. The van der Waals surface area contributed by atoms with Gasteiger partial charge in [0, 0.05) is 18.6 Å². The van der Waals surface area contributed by atoms with E-state index in [4.69, 9.17) is 0 Å². The molecule has 0 unspecified atom stereocenters. The van der Waals surface area contributed by atoms with Crippen LogP contribution in [0.1, 0.15) is 0 Å². The van der Waals surface area contributed by atoms with Crippen molar-refractivity contribution in [1.29, 1.82) is 0 Å². The van der Waals surface area contributed by atoms with Crippen LogP contribution in [0.5, 0.6) is 0 Å². The van der Waals surface area contributed by atoms with E-state index in [9.17, 15) is 0 Å². The minimum absolute atomic E-state index is 0.921. The third-order valence-electron chi connectivity index (χ3n) is 1.94. The van der Waals surface area contributed by atoms with E-state index in [1.165, 1.54) is 0 Å². The third-order valence-corrected chi connectivity index (χ3v) is 1.94. The molecule has 0 amide bonds. The van der Waals surface area contributed by atoms with Crippen molar-refractivity contribution in [3.05, 3.63) is 24.7 Å². The lowest BCUT2D eigenvalue weighted by Gasteiger charge is -2.08. The van der Waals surface area contributed by atoms with E-state index in [0.717, 1.165) is 16.7 Å². The summed E-state index contributed by atoms with van der Waals surface area (Å²) in [4.78, 5) is 4.19. The van der Waals surface area contributed by atoms with Gasteiger partial charge < -0.3 is 5.32 Å². The summed E-state index contributed by atoms with van der Waals surface area (Å²) in [5.41, 5.74) is 3.02. The normalized spacial score (nSPS) is 13.3. The summed E-state index contributed by atoms with van der Waals surface area (Å²) < 4.78 is 1.81. The number of nitrogens with one attached hydrogen (secondary N) is 1. The lowest BCUT2D eigenvalue weighted by molar-refractivity contribution is 0.960. The monoisotopic (exact) mass is 158 g/mol. The molecule has 3 heterocycles. The van der Waals surface area contributed by atoms with Crippen molar-refractivity contribution in [3.63, 3.8) is 0 Å². The molecule has 0 fully saturated rings. The molecule has 0 aliphatic carbocycles. The van der Waals surface area contributed by atoms with Crippen molar-refractivity contribution < 1.29 is 0 Å². The molecule has 0 saturated heterocycles. The van der Waals surface area contributed by atoms with Crippen LogP contribution in [0.4, 0.5) is 5.69 Å². The molecule has 4 nitrogen and oxygen atoms in total. The van der Waals surface area contributed by atoms with Crippen LogP contribution in [0.2, 0.25) is 0 Å². The Labute approximate surface area is 68.5 Å². The first-order chi connectivity index (χ1) is 5.95. The maximum absolute atomic E-state index is 4.19. The summed E-state index contributed by atoms with van der Waals surface area (Å²) >= 11 is 0. The first kappa shape index (κ1) is 5.77. The van der Waals surface area contributed by atoms with Crippen LogP contribution in [-0.2, 0) is 0 Å². The molecule has 0 aromatic carbocycles. The Kier molecular flexibility index (Phi) is 0.889. The van der Waals surface area contributed by atoms with Gasteiger partial charge in [-0.15, -0.1) is 0 Å². The predicted molar refractivity (Wildman–Crippen MR) is 46.5 cm³/mol. The van der Waals surface area contributed by atoms with Crippen molar-refractivity contribution in [3.8, 4) is 0 Å². The average molecular weight is 158 g/mol. The molecule has 2 aromatic heterocycles. The van der Waals surface area contributed by atoms with E-state index < -0.39 is 0 Å². The molecule has 58 valence electrons. The Morgan fingerprint density at radius 1 is 1.42 bits per heavy atom. The Bertz CT molecular complexity index is 469. The van der Waals surface area contributed by atoms with Crippen LogP contribution < -0.4 is 5.32 Å². The topological polar surface area (TPSA) is 42.7 Å². The number of aromatic nitrogens is 3. The van der Waals surface area contributed by atoms with E-state index >= 15 is 0 Å². The quantitative estimate of drug-likeness (QED) is 0.628. The average Bonchev–Trinajstić information content (AvgIpc) is 2.52. The smallest absolute Gasteiger partial charge is 0.115 e. The van der Waals surface area contributed by atoms with Crippen LogP contribution >= 0.6 is 0 Å². The lowest BCUT2D eigenvalue weighted by atomic mass is 10.3. The van der Waals surface area contributed by atoms with Crippen LogP contribution in [0.25, 0.3) is 17.2 Å². The highest BCUT2D eigenvalue weighted by Crippen LogP contribution is 2.23. The number of nitrogens with zero attached hydrogens (tertiary/aromatic N) is 3. The van der Waals surface area contributed by atoms with Crippen LogP contribution in [0.3, 0.4) is 0 Å². The summed E-state index contributed by atoms with van der Waals surface area (Å²) in [7, 11) is 0. The van der Waals surface area contributed by atoms with Gasteiger partial charge in [-0.05, 0) is 6.07 Å². The fourth-order valence-corrected chi connectivity index (χ4v) is 1.41. The maximum Gasteiger partial charge on any atom is 0.115 e. The summed E-state index contributed by atoms with van der Waals surface area (Å²) in [5, 5.41) is 7.28. The first-order valence-corrected chi connectivity index (χ1v) is 3.70. The second kappa shape index (κ2) is 1.85. The van der Waals surface area contributed by atoms with Crippen LogP contribution in [-0.4, -0.2) is 14.8 Å². The fraction of sp³-hybridized carbons (Fsp3) is 0. The highest BCUT2D eigenvalue weighted by molar-refractivity contribution is 5.90. The minimum Gasteiger partial charge on any atom is -0.358 e. The standard InChI is InChI=1S/C8H6N4/c1-2-9-7-5-11-12-4-3-10-6(1)8(7)12/h1-5,10H. The number of hydrogen-bond donors (Lipinski definition) is 1. The van der Waals surface area contributed by atoms with E-state index in [1.54, 1.807) is 12.4 Å². The van der Waals surface area contributed by atoms with Gasteiger partial charge in [-0.3, -0.25) is 4.98 Å². The maximum atomic E-state index is 4.19. The molecule has 0 saturated carbocycles. The second-order valence-electron chi connectivity index (χ2n) is 2.64. The molecule has 3 rings (SSSR count). The Morgan fingerprint density at radius 3 is 3.42 bits per heavy atom. The molecule has 4 heteroatoms. The zero-order valence-corrected chi connectivity index (χ0v) is 6.23. The van der Waals surface area contributed by atoms with Gasteiger partial charge in [-0.25, -0.2) is 4.68 Å². The molecule has 1 aliphatic heterocycles. The van der Waals surface area contributed by atoms with Gasteiger partial charge >= 0.3 is 0 Å². The van der Waals surface area contributed by atoms with E-state index in [0.29, 0.717) is 0 Å². The van der Waals surface area contributed by atoms with Gasteiger partial charge in [0.2, 0.25) is 0 Å². The zero-order valence-electron chi connectivity index (χ0n) is 6.23.